The number of phenols is 1. The van der Waals surface area contributed by atoms with Crippen LogP contribution in [-0.4, -0.2) is 10.1 Å². The summed E-state index contributed by atoms with van der Waals surface area (Å²) in [6, 6.07) is 4.31. The van der Waals surface area contributed by atoms with E-state index >= 15 is 0 Å². The molecule has 0 amide bonds. The van der Waals surface area contributed by atoms with Gasteiger partial charge in [-0.25, -0.2) is 4.39 Å². The molecule has 19 heavy (non-hydrogen) atoms. The van der Waals surface area contributed by atoms with E-state index in [0.717, 1.165) is 6.20 Å². The number of rotatable bonds is 3. The molecule has 6 heteroatoms. The molecule has 0 aliphatic carbocycles. The predicted molar refractivity (Wildman–Crippen MR) is 74.4 cm³/mol. The summed E-state index contributed by atoms with van der Waals surface area (Å²) in [5, 5.41) is 12.9. The lowest BCUT2D eigenvalue weighted by Gasteiger charge is -2.16. The molecule has 2 rings (SSSR count). The van der Waals surface area contributed by atoms with Crippen LogP contribution in [-0.2, 0) is 0 Å². The van der Waals surface area contributed by atoms with Crippen LogP contribution in [0.4, 0.5) is 10.1 Å². The van der Waals surface area contributed by atoms with Crippen LogP contribution in [0.15, 0.2) is 30.6 Å². The molecule has 100 valence electrons. The van der Waals surface area contributed by atoms with Crippen LogP contribution < -0.4 is 5.32 Å². The Labute approximate surface area is 120 Å². The van der Waals surface area contributed by atoms with Crippen molar-refractivity contribution in [1.29, 1.82) is 0 Å². The lowest BCUT2D eigenvalue weighted by molar-refractivity contribution is 0.476. The summed E-state index contributed by atoms with van der Waals surface area (Å²) in [4.78, 5) is 3.79. The molecule has 0 aliphatic rings. The number of nitrogens with zero attached hydrogens (tertiary/aromatic N) is 1. The first-order valence-corrected chi connectivity index (χ1v) is 6.28. The van der Waals surface area contributed by atoms with E-state index in [4.69, 9.17) is 23.2 Å². The maximum absolute atomic E-state index is 13.1. The number of pyridine rings is 1. The first kappa shape index (κ1) is 13.9. The third-order valence-corrected chi connectivity index (χ3v) is 3.20. The van der Waals surface area contributed by atoms with Gasteiger partial charge in [0.2, 0.25) is 0 Å². The van der Waals surface area contributed by atoms with Crippen molar-refractivity contribution in [2.45, 2.75) is 13.0 Å². The summed E-state index contributed by atoms with van der Waals surface area (Å²) >= 11 is 11.7. The SMILES string of the molecule is CC(Nc1cc(Cl)c(O)c(Cl)c1)c1cncc(F)c1. The average molecular weight is 301 g/mol. The Balaban J connectivity index is 2.21. The Morgan fingerprint density at radius 1 is 1.21 bits per heavy atom. The fourth-order valence-corrected chi connectivity index (χ4v) is 2.13. The molecule has 0 saturated heterocycles. The standard InChI is InChI=1S/C13H11Cl2FN2O/c1-7(8-2-9(16)6-17-5-8)18-10-3-11(14)13(19)12(15)4-10/h2-7,18-19H,1H3. The lowest BCUT2D eigenvalue weighted by atomic mass is 10.1. The molecular formula is C13H11Cl2FN2O. The molecule has 1 heterocycles. The van der Waals surface area contributed by atoms with Gasteiger partial charge in [0, 0.05) is 11.9 Å². The van der Waals surface area contributed by atoms with E-state index in [-0.39, 0.29) is 21.8 Å². The van der Waals surface area contributed by atoms with Gasteiger partial charge in [-0.15, -0.1) is 0 Å². The van der Waals surface area contributed by atoms with Gasteiger partial charge in [-0.1, -0.05) is 23.2 Å². The van der Waals surface area contributed by atoms with Crippen molar-refractivity contribution in [3.63, 3.8) is 0 Å². The summed E-state index contributed by atoms with van der Waals surface area (Å²) < 4.78 is 13.1. The first-order valence-electron chi connectivity index (χ1n) is 5.52. The zero-order chi connectivity index (χ0) is 14.0. The first-order chi connectivity index (χ1) is 8.97. The van der Waals surface area contributed by atoms with Crippen LogP contribution in [0.25, 0.3) is 0 Å². The summed E-state index contributed by atoms with van der Waals surface area (Å²) in [5.74, 6) is -0.554. The van der Waals surface area contributed by atoms with Crippen molar-refractivity contribution < 1.29 is 9.50 Å². The predicted octanol–water partition coefficient (Wildman–Crippen LogP) is 4.41. The molecule has 1 unspecified atom stereocenters. The quantitative estimate of drug-likeness (QED) is 0.826. The molecule has 0 fully saturated rings. The van der Waals surface area contributed by atoms with E-state index in [9.17, 15) is 9.50 Å². The van der Waals surface area contributed by atoms with Crippen molar-refractivity contribution in [3.8, 4) is 5.75 Å². The van der Waals surface area contributed by atoms with Crippen molar-refractivity contribution in [3.05, 3.63) is 52.0 Å². The molecule has 1 atom stereocenters. The molecule has 1 aromatic heterocycles. The van der Waals surface area contributed by atoms with Gasteiger partial charge in [-0.2, -0.15) is 0 Å². The largest absolute Gasteiger partial charge is 0.505 e. The molecule has 0 saturated carbocycles. The molecule has 2 aromatic rings. The second kappa shape index (κ2) is 5.63. The van der Waals surface area contributed by atoms with Gasteiger partial charge in [0.25, 0.3) is 0 Å². The Morgan fingerprint density at radius 2 is 1.84 bits per heavy atom. The minimum atomic E-state index is -0.395. The van der Waals surface area contributed by atoms with Crippen LogP contribution in [0, 0.1) is 5.82 Å². The summed E-state index contributed by atoms with van der Waals surface area (Å²) in [5.41, 5.74) is 1.32. The van der Waals surface area contributed by atoms with Crippen LogP contribution in [0.5, 0.6) is 5.75 Å². The van der Waals surface area contributed by atoms with E-state index in [0.29, 0.717) is 11.3 Å². The zero-order valence-corrected chi connectivity index (χ0v) is 11.5. The number of nitrogens with one attached hydrogen (secondary N) is 1. The topological polar surface area (TPSA) is 45.1 Å². The highest BCUT2D eigenvalue weighted by Gasteiger charge is 2.10. The van der Waals surface area contributed by atoms with Crippen LogP contribution in [0.3, 0.4) is 0 Å². The van der Waals surface area contributed by atoms with Gasteiger partial charge in [0.15, 0.2) is 5.75 Å². The second-order valence-corrected chi connectivity index (χ2v) is 4.91. The number of aromatic hydroxyl groups is 1. The highest BCUT2D eigenvalue weighted by Crippen LogP contribution is 2.35. The van der Waals surface area contributed by atoms with E-state index in [1.165, 1.54) is 6.07 Å². The second-order valence-electron chi connectivity index (χ2n) is 4.09. The van der Waals surface area contributed by atoms with Crippen molar-refractivity contribution in [2.24, 2.45) is 0 Å². The molecular weight excluding hydrogens is 290 g/mol. The summed E-state index contributed by atoms with van der Waals surface area (Å²) in [7, 11) is 0. The van der Waals surface area contributed by atoms with E-state index < -0.39 is 5.82 Å². The Bertz CT molecular complexity index is 584. The fourth-order valence-electron chi connectivity index (χ4n) is 1.65. The highest BCUT2D eigenvalue weighted by atomic mass is 35.5. The molecule has 1 aromatic carbocycles. The number of hydrogen-bond acceptors (Lipinski definition) is 3. The third kappa shape index (κ3) is 3.28. The van der Waals surface area contributed by atoms with Gasteiger partial charge in [0.1, 0.15) is 5.82 Å². The number of phenolic OH excluding ortho intramolecular Hbond substituents is 1. The maximum Gasteiger partial charge on any atom is 0.152 e. The van der Waals surface area contributed by atoms with Crippen LogP contribution in [0.2, 0.25) is 10.0 Å². The normalized spacial score (nSPS) is 12.2. The number of halogens is 3. The van der Waals surface area contributed by atoms with Crippen molar-refractivity contribution in [2.75, 3.05) is 5.32 Å². The highest BCUT2D eigenvalue weighted by molar-refractivity contribution is 6.37. The van der Waals surface area contributed by atoms with Crippen molar-refractivity contribution >= 4 is 28.9 Å². The monoisotopic (exact) mass is 300 g/mol. The van der Waals surface area contributed by atoms with Gasteiger partial charge < -0.3 is 10.4 Å². The molecule has 3 nitrogen and oxygen atoms in total. The smallest absolute Gasteiger partial charge is 0.152 e. The van der Waals surface area contributed by atoms with Gasteiger partial charge >= 0.3 is 0 Å². The third-order valence-electron chi connectivity index (χ3n) is 2.63. The maximum atomic E-state index is 13.1. The van der Waals surface area contributed by atoms with Gasteiger partial charge in [0.05, 0.1) is 22.3 Å². The number of hydrogen-bond donors (Lipinski definition) is 2. The van der Waals surface area contributed by atoms with E-state index in [1.54, 1.807) is 18.3 Å². The Morgan fingerprint density at radius 3 is 2.42 bits per heavy atom. The van der Waals surface area contributed by atoms with E-state index in [2.05, 4.69) is 10.3 Å². The Hall–Kier alpha value is -1.52. The minimum Gasteiger partial charge on any atom is -0.505 e. The van der Waals surface area contributed by atoms with Gasteiger partial charge in [-0.05, 0) is 30.7 Å². The minimum absolute atomic E-state index is 0.152. The Kier molecular flexibility index (Phi) is 4.12. The molecule has 0 spiro atoms. The molecule has 0 aliphatic heterocycles. The molecule has 2 N–H and O–H groups in total. The number of benzene rings is 1. The van der Waals surface area contributed by atoms with Gasteiger partial charge in [-0.3, -0.25) is 4.98 Å². The lowest BCUT2D eigenvalue weighted by Crippen LogP contribution is -2.07. The summed E-state index contributed by atoms with van der Waals surface area (Å²) in [6.07, 6.45) is 2.72. The molecule has 0 radical (unpaired) electrons. The van der Waals surface area contributed by atoms with Crippen molar-refractivity contribution in [1.82, 2.24) is 4.98 Å². The van der Waals surface area contributed by atoms with Crippen LogP contribution >= 0.6 is 23.2 Å². The number of aromatic nitrogens is 1. The molecule has 0 bridgehead atoms. The van der Waals surface area contributed by atoms with E-state index in [1.807, 2.05) is 6.92 Å². The number of anilines is 1. The zero-order valence-electron chi connectivity index (χ0n) is 9.99. The average Bonchev–Trinajstić information content (AvgIpc) is 2.36. The summed E-state index contributed by atoms with van der Waals surface area (Å²) in [6.45, 7) is 1.85. The van der Waals surface area contributed by atoms with Crippen LogP contribution in [0.1, 0.15) is 18.5 Å². The fraction of sp³-hybridized carbons (Fsp3) is 0.154.